The first-order valence-electron chi connectivity index (χ1n) is 6.31. The number of rotatable bonds is 5. The molecule has 1 amide bonds. The molecule has 0 spiro atoms. The molecule has 21 heavy (non-hydrogen) atoms. The van der Waals surface area contributed by atoms with Crippen molar-refractivity contribution >= 4 is 35.0 Å². The van der Waals surface area contributed by atoms with Crippen LogP contribution < -0.4 is 10.1 Å². The third-order valence-corrected chi connectivity index (χ3v) is 3.59. The second-order valence-electron chi connectivity index (χ2n) is 4.30. The number of aromatic nitrogens is 1. The highest BCUT2D eigenvalue weighted by Gasteiger charge is 2.15. The zero-order chi connectivity index (χ0) is 15.2. The van der Waals surface area contributed by atoms with Crippen molar-refractivity contribution in [1.82, 2.24) is 4.98 Å². The molecule has 2 aromatic rings. The number of amides is 1. The maximum atomic E-state index is 12.1. The lowest BCUT2D eigenvalue weighted by atomic mass is 10.3. The summed E-state index contributed by atoms with van der Waals surface area (Å²) in [4.78, 5) is 16.2. The van der Waals surface area contributed by atoms with Crippen molar-refractivity contribution in [2.45, 2.75) is 18.1 Å². The molecule has 0 aliphatic carbocycles. The van der Waals surface area contributed by atoms with Crippen molar-refractivity contribution < 1.29 is 9.53 Å². The number of halogens is 1. The lowest BCUT2D eigenvalue weighted by Gasteiger charge is -2.14. The van der Waals surface area contributed by atoms with Crippen LogP contribution in [0.5, 0.6) is 5.75 Å². The van der Waals surface area contributed by atoms with Crippen LogP contribution in [0.3, 0.4) is 0 Å². The maximum Gasteiger partial charge on any atom is 0.265 e. The zero-order valence-corrected chi connectivity index (χ0v) is 13.2. The molecule has 0 aliphatic heterocycles. The third kappa shape index (κ3) is 4.65. The van der Waals surface area contributed by atoms with Crippen LogP contribution in [0.25, 0.3) is 0 Å². The molecular formula is C15H15ClN2O2S. The first kappa shape index (κ1) is 15.7. The maximum absolute atomic E-state index is 12.1. The first-order chi connectivity index (χ1) is 10.1. The Morgan fingerprint density at radius 3 is 2.81 bits per heavy atom. The molecule has 2 rings (SSSR count). The second kappa shape index (κ2) is 7.33. The zero-order valence-electron chi connectivity index (χ0n) is 11.7. The van der Waals surface area contributed by atoms with Crippen LogP contribution in [0, 0.1) is 0 Å². The molecule has 1 unspecified atom stereocenters. The van der Waals surface area contributed by atoms with E-state index in [9.17, 15) is 4.79 Å². The monoisotopic (exact) mass is 322 g/mol. The molecule has 1 atom stereocenters. The van der Waals surface area contributed by atoms with Crippen molar-refractivity contribution in [3.05, 3.63) is 47.6 Å². The Morgan fingerprint density at radius 1 is 1.38 bits per heavy atom. The molecule has 0 saturated carbocycles. The number of thioether (sulfide) groups is 1. The highest BCUT2D eigenvalue weighted by Crippen LogP contribution is 2.19. The Kier molecular flexibility index (Phi) is 5.47. The van der Waals surface area contributed by atoms with Gasteiger partial charge in [-0.15, -0.1) is 11.8 Å². The van der Waals surface area contributed by atoms with Crippen LogP contribution >= 0.6 is 23.4 Å². The predicted molar refractivity (Wildman–Crippen MR) is 86.2 cm³/mol. The molecule has 1 N–H and O–H groups in total. The standard InChI is InChI=1S/C15H15ClN2O2S/c1-10(20-13-5-3-4-11(16)8-13)15(19)18-12-6-7-14(21-2)17-9-12/h3-10H,1-2H3,(H,18,19). The van der Waals surface area contributed by atoms with Gasteiger partial charge in [0.2, 0.25) is 0 Å². The summed E-state index contributed by atoms with van der Waals surface area (Å²) < 4.78 is 5.55. The molecule has 0 fully saturated rings. The minimum absolute atomic E-state index is 0.242. The average molecular weight is 323 g/mol. The van der Waals surface area contributed by atoms with E-state index in [0.29, 0.717) is 16.5 Å². The van der Waals surface area contributed by atoms with Gasteiger partial charge in [0.05, 0.1) is 16.9 Å². The van der Waals surface area contributed by atoms with Gasteiger partial charge < -0.3 is 10.1 Å². The molecule has 4 nitrogen and oxygen atoms in total. The van der Waals surface area contributed by atoms with Crippen LogP contribution in [-0.2, 0) is 4.79 Å². The molecule has 6 heteroatoms. The highest BCUT2D eigenvalue weighted by molar-refractivity contribution is 7.98. The first-order valence-corrected chi connectivity index (χ1v) is 7.92. The minimum Gasteiger partial charge on any atom is -0.481 e. The van der Waals surface area contributed by atoms with Crippen LogP contribution in [-0.4, -0.2) is 23.3 Å². The summed E-state index contributed by atoms with van der Waals surface area (Å²) in [5.74, 6) is 0.315. The smallest absolute Gasteiger partial charge is 0.265 e. The van der Waals surface area contributed by atoms with Gasteiger partial charge >= 0.3 is 0 Å². The average Bonchev–Trinajstić information content (AvgIpc) is 2.48. The fourth-order valence-electron chi connectivity index (χ4n) is 1.62. The number of hydrogen-bond donors (Lipinski definition) is 1. The summed E-state index contributed by atoms with van der Waals surface area (Å²) >= 11 is 7.42. The summed E-state index contributed by atoms with van der Waals surface area (Å²) in [6, 6.07) is 10.6. The lowest BCUT2D eigenvalue weighted by Crippen LogP contribution is -2.30. The van der Waals surface area contributed by atoms with Crippen molar-refractivity contribution in [2.75, 3.05) is 11.6 Å². The highest BCUT2D eigenvalue weighted by atomic mass is 35.5. The van der Waals surface area contributed by atoms with Gasteiger partial charge in [-0.25, -0.2) is 4.98 Å². The van der Waals surface area contributed by atoms with E-state index in [0.717, 1.165) is 5.03 Å². The van der Waals surface area contributed by atoms with Gasteiger partial charge in [-0.05, 0) is 43.5 Å². The van der Waals surface area contributed by atoms with Gasteiger partial charge in [0, 0.05) is 5.02 Å². The largest absolute Gasteiger partial charge is 0.481 e. The van der Waals surface area contributed by atoms with Crippen LogP contribution in [0.4, 0.5) is 5.69 Å². The van der Waals surface area contributed by atoms with Gasteiger partial charge in [-0.1, -0.05) is 17.7 Å². The quantitative estimate of drug-likeness (QED) is 0.849. The molecule has 0 saturated heterocycles. The fraction of sp³-hybridized carbons (Fsp3) is 0.200. The number of nitrogens with one attached hydrogen (secondary N) is 1. The summed E-state index contributed by atoms with van der Waals surface area (Å²) in [5.41, 5.74) is 0.638. The van der Waals surface area contributed by atoms with Crippen molar-refractivity contribution in [3.8, 4) is 5.75 Å². The van der Waals surface area contributed by atoms with E-state index in [1.54, 1.807) is 49.1 Å². The Morgan fingerprint density at radius 2 is 2.19 bits per heavy atom. The molecule has 0 radical (unpaired) electrons. The van der Waals surface area contributed by atoms with E-state index in [4.69, 9.17) is 16.3 Å². The summed E-state index contributed by atoms with van der Waals surface area (Å²) in [5, 5.41) is 4.23. The molecule has 110 valence electrons. The van der Waals surface area contributed by atoms with E-state index in [1.165, 1.54) is 0 Å². The number of anilines is 1. The van der Waals surface area contributed by atoms with Crippen LogP contribution in [0.1, 0.15) is 6.92 Å². The number of hydrogen-bond acceptors (Lipinski definition) is 4. The lowest BCUT2D eigenvalue weighted by molar-refractivity contribution is -0.122. The summed E-state index contributed by atoms with van der Waals surface area (Å²) in [6.45, 7) is 1.68. The molecular weight excluding hydrogens is 308 g/mol. The van der Waals surface area contributed by atoms with Gasteiger partial charge in [0.1, 0.15) is 5.75 Å². The van der Waals surface area contributed by atoms with Crippen LogP contribution in [0.2, 0.25) is 5.02 Å². The van der Waals surface area contributed by atoms with E-state index in [2.05, 4.69) is 10.3 Å². The summed E-state index contributed by atoms with van der Waals surface area (Å²) in [7, 11) is 0. The molecule has 1 aromatic carbocycles. The van der Waals surface area contributed by atoms with Crippen LogP contribution in [0.15, 0.2) is 47.6 Å². The second-order valence-corrected chi connectivity index (χ2v) is 5.56. The minimum atomic E-state index is -0.635. The normalized spacial score (nSPS) is 11.8. The summed E-state index contributed by atoms with van der Waals surface area (Å²) in [6.07, 6.45) is 2.93. The van der Waals surface area contributed by atoms with E-state index in [1.807, 2.05) is 18.4 Å². The number of benzene rings is 1. The van der Waals surface area contributed by atoms with Crippen molar-refractivity contribution in [2.24, 2.45) is 0 Å². The van der Waals surface area contributed by atoms with E-state index in [-0.39, 0.29) is 5.91 Å². The number of ether oxygens (including phenoxy) is 1. The Bertz CT molecular complexity index is 619. The Balaban J connectivity index is 1.95. The van der Waals surface area contributed by atoms with Gasteiger partial charge in [-0.3, -0.25) is 4.79 Å². The van der Waals surface area contributed by atoms with E-state index < -0.39 is 6.10 Å². The molecule has 0 bridgehead atoms. The molecule has 1 aromatic heterocycles. The van der Waals surface area contributed by atoms with E-state index >= 15 is 0 Å². The topological polar surface area (TPSA) is 51.2 Å². The Hall–Kier alpha value is -1.72. The third-order valence-electron chi connectivity index (χ3n) is 2.69. The number of carbonyl (C=O) groups excluding carboxylic acids is 1. The molecule has 1 heterocycles. The molecule has 0 aliphatic rings. The van der Waals surface area contributed by atoms with Gasteiger partial charge in [0.15, 0.2) is 6.10 Å². The number of pyridine rings is 1. The number of carbonyl (C=O) groups is 1. The van der Waals surface area contributed by atoms with Gasteiger partial charge in [0.25, 0.3) is 5.91 Å². The number of nitrogens with zero attached hydrogens (tertiary/aromatic N) is 1. The van der Waals surface area contributed by atoms with Crippen molar-refractivity contribution in [3.63, 3.8) is 0 Å². The Labute approximate surface area is 132 Å². The SMILES string of the molecule is CSc1ccc(NC(=O)C(C)Oc2cccc(Cl)c2)cn1. The van der Waals surface area contributed by atoms with Gasteiger partial charge in [-0.2, -0.15) is 0 Å². The predicted octanol–water partition coefficient (Wildman–Crippen LogP) is 3.86. The van der Waals surface area contributed by atoms with Crippen molar-refractivity contribution in [1.29, 1.82) is 0 Å². The fourth-order valence-corrected chi connectivity index (χ4v) is 2.16.